The van der Waals surface area contributed by atoms with E-state index in [1.54, 1.807) is 6.92 Å². The zero-order valence-corrected chi connectivity index (χ0v) is 13.5. The molecule has 2 aromatic heterocycles. The maximum absolute atomic E-state index is 11.9. The molecule has 0 saturated heterocycles. The molecule has 0 aromatic carbocycles. The molecule has 2 heterocycles. The summed E-state index contributed by atoms with van der Waals surface area (Å²) in [4.78, 5) is 43.7. The minimum absolute atomic E-state index is 0.145. The summed E-state index contributed by atoms with van der Waals surface area (Å²) in [6, 6.07) is 0. The van der Waals surface area contributed by atoms with Crippen molar-refractivity contribution in [2.45, 2.75) is 39.5 Å². The number of hydrogen-bond donors (Lipinski definition) is 3. The van der Waals surface area contributed by atoms with Crippen molar-refractivity contribution in [3.8, 4) is 0 Å². The van der Waals surface area contributed by atoms with Crippen molar-refractivity contribution < 1.29 is 4.79 Å². The number of aryl methyl sites for hydroxylation is 1. The Morgan fingerprint density at radius 3 is 2.68 bits per heavy atom. The average molecular weight is 322 g/mol. The lowest BCUT2D eigenvalue weighted by Gasteiger charge is -2.04. The minimum atomic E-state index is -0.542. The Morgan fingerprint density at radius 2 is 2.09 bits per heavy atom. The van der Waals surface area contributed by atoms with Crippen LogP contribution < -0.4 is 16.6 Å². The number of amides is 1. The first-order chi connectivity index (χ1) is 10.4. The topological polar surface area (TPSA) is 108 Å². The lowest BCUT2D eigenvalue weighted by atomic mass is 10.1. The quantitative estimate of drug-likeness (QED) is 0.775. The van der Waals surface area contributed by atoms with Crippen LogP contribution >= 0.6 is 11.3 Å². The van der Waals surface area contributed by atoms with Crippen molar-refractivity contribution in [1.29, 1.82) is 0 Å². The van der Waals surface area contributed by atoms with Crippen LogP contribution in [-0.4, -0.2) is 20.9 Å². The number of aromatic amines is 2. The van der Waals surface area contributed by atoms with Gasteiger partial charge in [0.05, 0.1) is 5.69 Å². The fraction of sp³-hybridized carbons (Fsp3) is 0.429. The number of carbonyl (C=O) groups is 1. The van der Waals surface area contributed by atoms with E-state index in [0.717, 1.165) is 5.69 Å². The van der Waals surface area contributed by atoms with Gasteiger partial charge in [0.25, 0.3) is 5.56 Å². The maximum Gasteiger partial charge on any atom is 0.325 e. The van der Waals surface area contributed by atoms with Gasteiger partial charge in [-0.15, -0.1) is 11.3 Å². The molecule has 0 aliphatic rings. The molecule has 22 heavy (non-hydrogen) atoms. The van der Waals surface area contributed by atoms with E-state index >= 15 is 0 Å². The number of thiazole rings is 1. The van der Waals surface area contributed by atoms with Crippen molar-refractivity contribution in [2.24, 2.45) is 0 Å². The lowest BCUT2D eigenvalue weighted by molar-refractivity contribution is -0.116. The molecule has 0 fully saturated rings. The van der Waals surface area contributed by atoms with Gasteiger partial charge in [-0.05, 0) is 19.3 Å². The third-order valence-electron chi connectivity index (χ3n) is 3.22. The predicted molar refractivity (Wildman–Crippen MR) is 85.6 cm³/mol. The van der Waals surface area contributed by atoms with E-state index in [0.29, 0.717) is 22.3 Å². The highest BCUT2D eigenvalue weighted by Crippen LogP contribution is 2.21. The van der Waals surface area contributed by atoms with Gasteiger partial charge in [-0.1, -0.05) is 13.8 Å². The number of nitrogens with one attached hydrogen (secondary N) is 3. The van der Waals surface area contributed by atoms with E-state index in [2.05, 4.69) is 20.3 Å². The minimum Gasteiger partial charge on any atom is -0.311 e. The first-order valence-corrected chi connectivity index (χ1v) is 7.82. The van der Waals surface area contributed by atoms with Gasteiger partial charge >= 0.3 is 5.69 Å². The summed E-state index contributed by atoms with van der Waals surface area (Å²) >= 11 is 1.38. The fourth-order valence-corrected chi connectivity index (χ4v) is 2.84. The zero-order valence-electron chi connectivity index (χ0n) is 12.6. The van der Waals surface area contributed by atoms with Gasteiger partial charge in [-0.25, -0.2) is 9.78 Å². The third-order valence-corrected chi connectivity index (χ3v) is 3.99. The Morgan fingerprint density at radius 1 is 1.36 bits per heavy atom. The van der Waals surface area contributed by atoms with Crippen LogP contribution in [0.1, 0.15) is 43.1 Å². The second-order valence-corrected chi connectivity index (χ2v) is 6.15. The van der Waals surface area contributed by atoms with Gasteiger partial charge in [-0.2, -0.15) is 0 Å². The molecule has 0 radical (unpaired) electrons. The molecular weight excluding hydrogens is 304 g/mol. The number of nitrogens with zero attached hydrogens (tertiary/aromatic N) is 1. The van der Waals surface area contributed by atoms with Crippen LogP contribution in [0, 0.1) is 6.92 Å². The number of hydrogen-bond acceptors (Lipinski definition) is 5. The summed E-state index contributed by atoms with van der Waals surface area (Å²) in [5.74, 6) is 0.0962. The summed E-state index contributed by atoms with van der Waals surface area (Å²) in [5.41, 5.74) is 0.841. The first-order valence-electron chi connectivity index (χ1n) is 6.94. The van der Waals surface area contributed by atoms with Crippen molar-refractivity contribution >= 4 is 22.4 Å². The molecule has 8 heteroatoms. The normalized spacial score (nSPS) is 10.9. The molecule has 2 rings (SSSR count). The van der Waals surface area contributed by atoms with Crippen molar-refractivity contribution in [3.63, 3.8) is 0 Å². The molecule has 0 saturated carbocycles. The van der Waals surface area contributed by atoms with E-state index in [4.69, 9.17) is 0 Å². The molecule has 7 nitrogen and oxygen atoms in total. The summed E-state index contributed by atoms with van der Waals surface area (Å²) in [7, 11) is 0. The zero-order chi connectivity index (χ0) is 16.3. The molecule has 0 bridgehead atoms. The number of rotatable bonds is 5. The molecule has 0 aliphatic carbocycles. The summed E-state index contributed by atoms with van der Waals surface area (Å²) < 4.78 is 0. The summed E-state index contributed by atoms with van der Waals surface area (Å²) in [5, 5.41) is 5.19. The Hall–Kier alpha value is -2.22. The second-order valence-electron chi connectivity index (χ2n) is 5.29. The van der Waals surface area contributed by atoms with Gasteiger partial charge in [0, 0.05) is 23.1 Å². The van der Waals surface area contributed by atoms with E-state index < -0.39 is 11.2 Å². The first kappa shape index (κ1) is 16.2. The van der Waals surface area contributed by atoms with Crippen LogP contribution in [0.4, 0.5) is 5.13 Å². The molecular formula is C14H18N4O3S. The van der Waals surface area contributed by atoms with Gasteiger partial charge in [0.2, 0.25) is 5.91 Å². The van der Waals surface area contributed by atoms with Crippen LogP contribution in [0.2, 0.25) is 0 Å². The van der Waals surface area contributed by atoms with Crippen LogP contribution in [0.15, 0.2) is 15.0 Å². The molecule has 0 atom stereocenters. The molecule has 0 unspecified atom stereocenters. The Kier molecular flexibility index (Phi) is 4.92. The molecule has 0 spiro atoms. The smallest absolute Gasteiger partial charge is 0.311 e. The predicted octanol–water partition coefficient (Wildman–Crippen LogP) is 1.52. The highest BCUT2D eigenvalue weighted by Gasteiger charge is 2.11. The fourth-order valence-electron chi connectivity index (χ4n) is 1.96. The van der Waals surface area contributed by atoms with E-state index in [1.807, 2.05) is 19.2 Å². The lowest BCUT2D eigenvalue weighted by Crippen LogP contribution is -2.27. The number of H-pyrrole nitrogens is 2. The van der Waals surface area contributed by atoms with E-state index in [-0.39, 0.29) is 18.7 Å². The summed E-state index contributed by atoms with van der Waals surface area (Å²) in [6.07, 6.45) is 0.402. The van der Waals surface area contributed by atoms with Crippen LogP contribution in [0.3, 0.4) is 0 Å². The largest absolute Gasteiger partial charge is 0.325 e. The van der Waals surface area contributed by atoms with Crippen molar-refractivity contribution in [1.82, 2.24) is 15.0 Å². The van der Waals surface area contributed by atoms with Crippen LogP contribution in [0.5, 0.6) is 0 Å². The van der Waals surface area contributed by atoms with Gasteiger partial charge in [0.1, 0.15) is 0 Å². The second kappa shape index (κ2) is 6.69. The van der Waals surface area contributed by atoms with Gasteiger partial charge in [0.15, 0.2) is 5.13 Å². The van der Waals surface area contributed by atoms with Crippen LogP contribution in [-0.2, 0) is 11.2 Å². The van der Waals surface area contributed by atoms with Crippen LogP contribution in [0.25, 0.3) is 0 Å². The number of carbonyl (C=O) groups excluding carboxylic acids is 1. The molecule has 3 N–H and O–H groups in total. The molecule has 0 aliphatic heterocycles. The Labute approximate surface area is 130 Å². The monoisotopic (exact) mass is 322 g/mol. The molecule has 118 valence electrons. The average Bonchev–Trinajstić information content (AvgIpc) is 2.86. The number of anilines is 1. The van der Waals surface area contributed by atoms with Crippen molar-refractivity contribution in [2.75, 3.05) is 5.32 Å². The Bertz CT molecular complexity index is 788. The maximum atomic E-state index is 11.9. The van der Waals surface area contributed by atoms with E-state index in [9.17, 15) is 14.4 Å². The van der Waals surface area contributed by atoms with Gasteiger partial charge < -0.3 is 10.3 Å². The van der Waals surface area contributed by atoms with Crippen molar-refractivity contribution in [3.05, 3.63) is 43.2 Å². The molecule has 1 amide bonds. The highest BCUT2D eigenvalue weighted by molar-refractivity contribution is 7.13. The standard InChI is InChI=1S/C14H18N4O3S/c1-7(2)10-6-22-14(16-10)17-11(19)5-4-9-8(3)15-13(21)18-12(9)20/h6-7H,4-5H2,1-3H3,(H,16,17,19)(H2,15,18,20,21). The SMILES string of the molecule is Cc1[nH]c(=O)[nH]c(=O)c1CCC(=O)Nc1nc(C(C)C)cs1. The third kappa shape index (κ3) is 3.91. The molecule has 2 aromatic rings. The highest BCUT2D eigenvalue weighted by atomic mass is 32.1. The summed E-state index contributed by atoms with van der Waals surface area (Å²) in [6.45, 7) is 5.71. The van der Waals surface area contributed by atoms with Gasteiger partial charge in [-0.3, -0.25) is 14.6 Å². The Balaban J connectivity index is 1.98. The number of aromatic nitrogens is 3. The van der Waals surface area contributed by atoms with E-state index in [1.165, 1.54) is 11.3 Å².